The minimum atomic E-state index is -0.847. The van der Waals surface area contributed by atoms with Crippen LogP contribution in [0.15, 0.2) is 54.6 Å². The van der Waals surface area contributed by atoms with Gasteiger partial charge in [0.05, 0.1) is 19.3 Å². The lowest BCUT2D eigenvalue weighted by Crippen LogP contribution is -2.42. The summed E-state index contributed by atoms with van der Waals surface area (Å²) in [5.41, 5.74) is 3.45. The Bertz CT molecular complexity index is 1390. The molecule has 0 saturated heterocycles. The number of aliphatic hydroxyl groups is 2. The standard InChI is InChI=1S/C28H24ClFN2O5/c29-18-3-10-25-24(15-18)23-11-13-32(28(35)37-22-8-4-19(30)5-9-22)27(26(23)31-25)17-1-6-21(7-2-17)36-14-12-20(34)16-33/h1,3-6,8-10,15,20,27,31,33-34H,11-14,16H2. The number of nitrogens with one attached hydrogen (secondary N) is 1. The first-order valence-electron chi connectivity index (χ1n) is 11.8. The Morgan fingerprint density at radius 2 is 2.00 bits per heavy atom. The van der Waals surface area contributed by atoms with Crippen molar-refractivity contribution in [1.29, 1.82) is 0 Å². The number of hydrogen-bond acceptors (Lipinski definition) is 5. The second kappa shape index (κ2) is 10.7. The van der Waals surface area contributed by atoms with E-state index in [0.717, 1.165) is 22.2 Å². The number of benzene rings is 2. The molecular weight excluding hydrogens is 499 g/mol. The molecule has 7 nitrogen and oxygen atoms in total. The van der Waals surface area contributed by atoms with Gasteiger partial charge in [0.15, 0.2) is 5.75 Å². The van der Waals surface area contributed by atoms with Gasteiger partial charge in [-0.15, -0.1) is 0 Å². The maximum atomic E-state index is 13.3. The van der Waals surface area contributed by atoms with Crippen LogP contribution in [0.3, 0.4) is 0 Å². The molecule has 190 valence electrons. The summed E-state index contributed by atoms with van der Waals surface area (Å²) in [7, 11) is 0. The van der Waals surface area contributed by atoms with E-state index in [9.17, 15) is 14.3 Å². The minimum Gasteiger partial charge on any atom is -0.485 e. The van der Waals surface area contributed by atoms with Crippen LogP contribution in [-0.4, -0.2) is 52.1 Å². The van der Waals surface area contributed by atoms with E-state index in [0.29, 0.717) is 29.3 Å². The zero-order valence-electron chi connectivity index (χ0n) is 19.7. The fraction of sp³-hybridized carbons (Fsp3) is 0.250. The third kappa shape index (κ3) is 5.35. The number of carbonyl (C=O) groups excluding carboxylic acids is 1. The molecule has 2 heterocycles. The van der Waals surface area contributed by atoms with Crippen molar-refractivity contribution in [1.82, 2.24) is 9.88 Å². The number of fused-ring (bicyclic) bond motifs is 3. The molecule has 1 aromatic heterocycles. The number of aliphatic hydroxyl groups excluding tert-OH is 2. The first kappa shape index (κ1) is 24.9. The van der Waals surface area contributed by atoms with Gasteiger partial charge in [0, 0.05) is 40.1 Å². The van der Waals surface area contributed by atoms with Crippen LogP contribution < -0.4 is 9.47 Å². The Balaban J connectivity index is 1.46. The van der Waals surface area contributed by atoms with E-state index >= 15 is 0 Å². The molecular formula is C28H24ClFN2O5. The van der Waals surface area contributed by atoms with Crippen LogP contribution in [0.1, 0.15) is 29.3 Å². The van der Waals surface area contributed by atoms with Crippen LogP contribution in [0.2, 0.25) is 5.02 Å². The number of aromatic amines is 1. The van der Waals surface area contributed by atoms with E-state index < -0.39 is 24.1 Å². The fourth-order valence-electron chi connectivity index (χ4n) is 4.47. The smallest absolute Gasteiger partial charge is 0.416 e. The van der Waals surface area contributed by atoms with Crippen molar-refractivity contribution in [3.05, 3.63) is 94.4 Å². The number of ether oxygens (including phenoxy) is 2. The van der Waals surface area contributed by atoms with E-state index in [4.69, 9.17) is 26.2 Å². The topological polar surface area (TPSA) is 95.0 Å². The molecule has 3 N–H and O–H groups in total. The summed E-state index contributed by atoms with van der Waals surface area (Å²) < 4.78 is 24.5. The van der Waals surface area contributed by atoms with Crippen LogP contribution in [0.5, 0.6) is 11.5 Å². The summed E-state index contributed by atoms with van der Waals surface area (Å²) in [5.74, 6) is 0.243. The number of hydrogen-bond donors (Lipinski definition) is 3. The van der Waals surface area contributed by atoms with Crippen LogP contribution in [0.25, 0.3) is 10.9 Å². The molecule has 5 rings (SSSR count). The van der Waals surface area contributed by atoms with Gasteiger partial charge >= 0.3 is 6.09 Å². The van der Waals surface area contributed by atoms with Crippen molar-refractivity contribution in [2.45, 2.75) is 25.0 Å². The maximum absolute atomic E-state index is 13.3. The molecule has 2 atom stereocenters. The van der Waals surface area contributed by atoms with Gasteiger partial charge in [-0.05, 0) is 72.6 Å². The van der Waals surface area contributed by atoms with Gasteiger partial charge in [0.2, 0.25) is 0 Å². The molecule has 3 aromatic carbocycles. The minimum absolute atomic E-state index is 0.206. The van der Waals surface area contributed by atoms with Gasteiger partial charge in [-0.3, -0.25) is 4.90 Å². The number of H-pyrrole nitrogens is 1. The average Bonchev–Trinajstić information content (AvgIpc) is 3.27. The van der Waals surface area contributed by atoms with Gasteiger partial charge in [-0.1, -0.05) is 17.7 Å². The van der Waals surface area contributed by atoms with Gasteiger partial charge in [0.25, 0.3) is 0 Å². The van der Waals surface area contributed by atoms with Gasteiger partial charge in [0.1, 0.15) is 17.6 Å². The molecule has 1 aliphatic heterocycles. The summed E-state index contributed by atoms with van der Waals surface area (Å²) in [6.07, 6.45) is -0.563. The molecule has 0 fully saturated rings. The lowest BCUT2D eigenvalue weighted by atomic mass is 9.93. The van der Waals surface area contributed by atoms with E-state index in [1.807, 2.05) is 12.1 Å². The first-order chi connectivity index (χ1) is 17.9. The Hall–Kier alpha value is -3.77. The predicted molar refractivity (Wildman–Crippen MR) is 135 cm³/mol. The van der Waals surface area contributed by atoms with E-state index in [2.05, 4.69) is 17.1 Å². The summed E-state index contributed by atoms with van der Waals surface area (Å²) in [6.45, 7) is 0.252. The second-order valence-corrected chi connectivity index (χ2v) is 9.19. The normalized spacial score (nSPS) is 15.7. The van der Waals surface area contributed by atoms with Crippen LogP contribution in [-0.2, 0) is 6.42 Å². The molecule has 1 amide bonds. The molecule has 2 unspecified atom stereocenters. The van der Waals surface area contributed by atoms with Crippen molar-refractivity contribution < 1.29 is 28.9 Å². The maximum Gasteiger partial charge on any atom is 0.416 e. The van der Waals surface area contributed by atoms with E-state index in [1.165, 1.54) is 24.3 Å². The Kier molecular flexibility index (Phi) is 7.19. The monoisotopic (exact) mass is 522 g/mol. The zero-order valence-corrected chi connectivity index (χ0v) is 20.5. The van der Waals surface area contributed by atoms with Crippen molar-refractivity contribution in [2.75, 3.05) is 19.8 Å². The summed E-state index contributed by atoms with van der Waals surface area (Å²) in [6, 6.07) is 19.9. The van der Waals surface area contributed by atoms with Crippen LogP contribution >= 0.6 is 11.6 Å². The molecule has 1 aliphatic rings. The third-order valence-corrected chi connectivity index (χ3v) is 6.54. The summed E-state index contributed by atoms with van der Waals surface area (Å²) >= 11 is 6.26. The first-order valence-corrected chi connectivity index (χ1v) is 12.2. The van der Waals surface area contributed by atoms with Gasteiger partial charge < -0.3 is 24.7 Å². The number of carbonyl (C=O) groups is 1. The molecule has 4 aromatic rings. The third-order valence-electron chi connectivity index (χ3n) is 6.30. The average molecular weight is 523 g/mol. The number of amides is 1. The van der Waals surface area contributed by atoms with E-state index in [1.54, 1.807) is 23.1 Å². The second-order valence-electron chi connectivity index (χ2n) is 8.75. The Morgan fingerprint density at radius 3 is 2.73 bits per heavy atom. The summed E-state index contributed by atoms with van der Waals surface area (Å²) in [4.78, 5) is 18.3. The lowest BCUT2D eigenvalue weighted by molar-refractivity contribution is 0.0754. The highest BCUT2D eigenvalue weighted by Crippen LogP contribution is 2.39. The molecule has 0 saturated carbocycles. The highest BCUT2D eigenvalue weighted by molar-refractivity contribution is 6.31. The Labute approximate surface area is 218 Å². The SMILES string of the molecule is O=C(Oc1ccc(F)cc1)N1CCc2c([nH]c3ccc(Cl)cc23)C1c1c#cc(OCCC(O)CO)cc1. The zero-order chi connectivity index (χ0) is 25.9. The highest BCUT2D eigenvalue weighted by atomic mass is 35.5. The number of halogens is 2. The van der Waals surface area contributed by atoms with E-state index in [-0.39, 0.29) is 25.4 Å². The van der Waals surface area contributed by atoms with Crippen molar-refractivity contribution in [3.8, 4) is 11.5 Å². The molecule has 37 heavy (non-hydrogen) atoms. The lowest BCUT2D eigenvalue weighted by Gasteiger charge is -2.34. The molecule has 0 spiro atoms. The van der Waals surface area contributed by atoms with Crippen molar-refractivity contribution in [2.24, 2.45) is 0 Å². The number of rotatable bonds is 7. The molecule has 0 radical (unpaired) electrons. The van der Waals surface area contributed by atoms with Crippen LogP contribution in [0, 0.1) is 17.9 Å². The Morgan fingerprint density at radius 1 is 1.19 bits per heavy atom. The molecule has 9 heteroatoms. The predicted octanol–water partition coefficient (Wildman–Crippen LogP) is 4.83. The largest absolute Gasteiger partial charge is 0.485 e. The highest BCUT2D eigenvalue weighted by Gasteiger charge is 2.36. The van der Waals surface area contributed by atoms with Gasteiger partial charge in [-0.2, -0.15) is 0 Å². The van der Waals surface area contributed by atoms with Gasteiger partial charge in [-0.25, -0.2) is 9.18 Å². The summed E-state index contributed by atoms with van der Waals surface area (Å²) in [5, 5.41) is 20.1. The number of aromatic nitrogens is 1. The van der Waals surface area contributed by atoms with Crippen molar-refractivity contribution >= 4 is 28.6 Å². The van der Waals surface area contributed by atoms with Crippen LogP contribution in [0.4, 0.5) is 9.18 Å². The molecule has 0 bridgehead atoms. The fourth-order valence-corrected chi connectivity index (χ4v) is 4.64. The molecule has 0 aliphatic carbocycles. The van der Waals surface area contributed by atoms with Crippen molar-refractivity contribution in [3.63, 3.8) is 0 Å². The quantitative estimate of drug-likeness (QED) is 0.323. The number of nitrogens with zero attached hydrogens (tertiary/aromatic N) is 1.